The van der Waals surface area contributed by atoms with Crippen molar-refractivity contribution in [2.45, 2.75) is 12.5 Å². The maximum Gasteiger partial charge on any atom is 0.305 e. The van der Waals surface area contributed by atoms with Crippen LogP contribution in [-0.2, 0) is 4.79 Å². The number of rotatable bonds is 3. The molecule has 1 aromatic rings. The molecule has 0 heterocycles. The molecule has 1 atom stereocenters. The number of nitrogens with two attached hydrogens (primary N) is 1. The second kappa shape index (κ2) is 4.70. The Bertz CT molecular complexity index is 357. The Labute approximate surface area is 94.2 Å². The second-order valence-corrected chi connectivity index (χ2v) is 4.12. The summed E-state index contributed by atoms with van der Waals surface area (Å²) in [6.07, 6.45) is -0.267. The van der Waals surface area contributed by atoms with Crippen LogP contribution in [0.15, 0.2) is 18.2 Å². The Morgan fingerprint density at radius 1 is 1.64 bits per heavy atom. The maximum absolute atomic E-state index is 13.2. The number of aliphatic carboxylic acids is 1. The lowest BCUT2D eigenvalue weighted by Crippen LogP contribution is -2.16. The molecule has 1 unspecified atom stereocenters. The van der Waals surface area contributed by atoms with Crippen LogP contribution in [0.5, 0.6) is 0 Å². The van der Waals surface area contributed by atoms with E-state index >= 15 is 0 Å². The number of halogens is 2. The van der Waals surface area contributed by atoms with E-state index in [1.54, 1.807) is 12.1 Å². The van der Waals surface area contributed by atoms with Crippen molar-refractivity contribution < 1.29 is 14.3 Å². The molecular weight excluding hydrogens is 300 g/mol. The molecule has 0 spiro atoms. The van der Waals surface area contributed by atoms with Gasteiger partial charge in [-0.2, -0.15) is 0 Å². The van der Waals surface area contributed by atoms with E-state index in [-0.39, 0.29) is 12.0 Å². The lowest BCUT2D eigenvalue weighted by molar-refractivity contribution is -0.137. The fourth-order valence-corrected chi connectivity index (χ4v) is 1.61. The Balaban J connectivity index is 2.93. The van der Waals surface area contributed by atoms with Crippen LogP contribution in [0, 0.1) is 9.39 Å². The molecule has 0 bridgehead atoms. The first-order chi connectivity index (χ1) is 6.50. The summed E-state index contributed by atoms with van der Waals surface area (Å²) < 4.78 is 14.0. The van der Waals surface area contributed by atoms with Crippen molar-refractivity contribution in [2.75, 3.05) is 0 Å². The molecule has 0 aliphatic rings. The molecular formula is C9H9FINO2. The van der Waals surface area contributed by atoms with E-state index in [1.807, 2.05) is 22.6 Å². The number of carboxylic acids is 1. The maximum atomic E-state index is 13.2. The van der Waals surface area contributed by atoms with Gasteiger partial charge in [0.25, 0.3) is 0 Å². The van der Waals surface area contributed by atoms with Crippen LogP contribution in [0.1, 0.15) is 18.0 Å². The normalized spacial score (nSPS) is 12.5. The molecule has 0 fully saturated rings. The van der Waals surface area contributed by atoms with Crippen LogP contribution in [0.3, 0.4) is 0 Å². The Morgan fingerprint density at radius 3 is 2.86 bits per heavy atom. The van der Waals surface area contributed by atoms with Gasteiger partial charge >= 0.3 is 5.97 Å². The third kappa shape index (κ3) is 2.91. The van der Waals surface area contributed by atoms with E-state index in [0.29, 0.717) is 0 Å². The van der Waals surface area contributed by atoms with E-state index in [0.717, 1.165) is 3.57 Å². The number of carbonyl (C=O) groups is 1. The lowest BCUT2D eigenvalue weighted by atomic mass is 10.0. The minimum atomic E-state index is -1.03. The van der Waals surface area contributed by atoms with Gasteiger partial charge in [0.15, 0.2) is 0 Å². The molecule has 76 valence electrons. The lowest BCUT2D eigenvalue weighted by Gasteiger charge is -2.10. The van der Waals surface area contributed by atoms with Crippen LogP contribution >= 0.6 is 22.6 Å². The van der Waals surface area contributed by atoms with Crippen molar-refractivity contribution in [3.63, 3.8) is 0 Å². The molecule has 3 nitrogen and oxygen atoms in total. The molecule has 1 aromatic carbocycles. The number of benzene rings is 1. The summed E-state index contributed by atoms with van der Waals surface area (Å²) in [5.74, 6) is -1.49. The minimum Gasteiger partial charge on any atom is -0.481 e. The summed E-state index contributed by atoms with van der Waals surface area (Å²) >= 11 is 2.02. The number of carboxylic acid groups (broad SMARTS) is 1. The van der Waals surface area contributed by atoms with Crippen molar-refractivity contribution in [1.29, 1.82) is 0 Å². The third-order valence-corrected chi connectivity index (χ3v) is 2.42. The number of hydrogen-bond acceptors (Lipinski definition) is 2. The van der Waals surface area contributed by atoms with Gasteiger partial charge in [-0.25, -0.2) is 4.39 Å². The molecule has 0 saturated carbocycles. The first kappa shape index (κ1) is 11.4. The SMILES string of the molecule is NC(CC(=O)O)c1cc(I)ccc1F. The Kier molecular flexibility index (Phi) is 3.82. The third-order valence-electron chi connectivity index (χ3n) is 1.75. The van der Waals surface area contributed by atoms with Gasteiger partial charge in [0, 0.05) is 15.2 Å². The summed E-state index contributed by atoms with van der Waals surface area (Å²) in [7, 11) is 0. The van der Waals surface area contributed by atoms with Crippen LogP contribution in [0.2, 0.25) is 0 Å². The van der Waals surface area contributed by atoms with Gasteiger partial charge in [0.1, 0.15) is 5.82 Å². The summed E-state index contributed by atoms with van der Waals surface area (Å²) in [4.78, 5) is 10.4. The van der Waals surface area contributed by atoms with Crippen molar-refractivity contribution in [1.82, 2.24) is 0 Å². The van der Waals surface area contributed by atoms with Gasteiger partial charge in [0.2, 0.25) is 0 Å². The molecule has 14 heavy (non-hydrogen) atoms. The smallest absolute Gasteiger partial charge is 0.305 e. The Morgan fingerprint density at radius 2 is 2.29 bits per heavy atom. The van der Waals surface area contributed by atoms with Gasteiger partial charge < -0.3 is 10.8 Å². The van der Waals surface area contributed by atoms with E-state index in [4.69, 9.17) is 10.8 Å². The average Bonchev–Trinajstić information content (AvgIpc) is 2.08. The van der Waals surface area contributed by atoms with Crippen molar-refractivity contribution in [2.24, 2.45) is 5.73 Å². The van der Waals surface area contributed by atoms with Crippen LogP contribution in [-0.4, -0.2) is 11.1 Å². The monoisotopic (exact) mass is 309 g/mol. The predicted octanol–water partition coefficient (Wildman–Crippen LogP) is 1.90. The van der Waals surface area contributed by atoms with Gasteiger partial charge in [-0.15, -0.1) is 0 Å². The largest absolute Gasteiger partial charge is 0.481 e. The first-order valence-electron chi connectivity index (χ1n) is 3.93. The predicted molar refractivity (Wildman–Crippen MR) is 58.3 cm³/mol. The molecule has 0 amide bonds. The fourth-order valence-electron chi connectivity index (χ4n) is 1.10. The van der Waals surface area contributed by atoms with Gasteiger partial charge in [-0.05, 0) is 40.8 Å². The molecule has 0 radical (unpaired) electrons. The van der Waals surface area contributed by atoms with E-state index in [1.165, 1.54) is 6.07 Å². The first-order valence-corrected chi connectivity index (χ1v) is 5.01. The highest BCUT2D eigenvalue weighted by molar-refractivity contribution is 14.1. The minimum absolute atomic E-state index is 0.249. The van der Waals surface area contributed by atoms with Crippen molar-refractivity contribution >= 4 is 28.6 Å². The zero-order valence-corrected chi connectivity index (χ0v) is 9.36. The van der Waals surface area contributed by atoms with Crippen molar-refractivity contribution in [3.05, 3.63) is 33.1 Å². The molecule has 1 rings (SSSR count). The van der Waals surface area contributed by atoms with E-state index < -0.39 is 17.8 Å². The van der Waals surface area contributed by atoms with Crippen LogP contribution < -0.4 is 5.73 Å². The summed E-state index contributed by atoms with van der Waals surface area (Å²) in [6, 6.07) is 3.66. The molecule has 5 heteroatoms. The van der Waals surface area contributed by atoms with Crippen LogP contribution in [0.25, 0.3) is 0 Å². The zero-order valence-electron chi connectivity index (χ0n) is 7.21. The van der Waals surface area contributed by atoms with Crippen molar-refractivity contribution in [3.8, 4) is 0 Å². The van der Waals surface area contributed by atoms with Gasteiger partial charge in [0.05, 0.1) is 6.42 Å². The molecule has 0 saturated heterocycles. The summed E-state index contributed by atoms with van der Waals surface area (Å²) in [5.41, 5.74) is 5.79. The second-order valence-electron chi connectivity index (χ2n) is 2.87. The van der Waals surface area contributed by atoms with E-state index in [9.17, 15) is 9.18 Å². The number of hydrogen-bond donors (Lipinski definition) is 2. The molecule has 0 aromatic heterocycles. The van der Waals surface area contributed by atoms with Gasteiger partial charge in [-0.3, -0.25) is 4.79 Å². The van der Waals surface area contributed by atoms with Crippen LogP contribution in [0.4, 0.5) is 4.39 Å². The highest BCUT2D eigenvalue weighted by Gasteiger charge is 2.14. The standard InChI is InChI=1S/C9H9FINO2/c10-7-2-1-5(11)3-6(7)8(12)4-9(13)14/h1-3,8H,4,12H2,(H,13,14). The zero-order chi connectivity index (χ0) is 10.7. The highest BCUT2D eigenvalue weighted by Crippen LogP contribution is 2.20. The van der Waals surface area contributed by atoms with E-state index in [2.05, 4.69) is 0 Å². The average molecular weight is 309 g/mol. The Hall–Kier alpha value is -0.690. The molecule has 3 N–H and O–H groups in total. The van der Waals surface area contributed by atoms with Gasteiger partial charge in [-0.1, -0.05) is 0 Å². The topological polar surface area (TPSA) is 63.3 Å². The molecule has 0 aliphatic heterocycles. The summed E-state index contributed by atoms with van der Waals surface area (Å²) in [6.45, 7) is 0. The molecule has 0 aliphatic carbocycles. The quantitative estimate of drug-likeness (QED) is 0.838. The summed E-state index contributed by atoms with van der Waals surface area (Å²) in [5, 5.41) is 8.50. The fraction of sp³-hybridized carbons (Fsp3) is 0.222. The highest BCUT2D eigenvalue weighted by atomic mass is 127.